The third-order valence-corrected chi connectivity index (χ3v) is 17.8. The van der Waals surface area contributed by atoms with Gasteiger partial charge in [0.1, 0.15) is 8.07 Å². The fourth-order valence-corrected chi connectivity index (χ4v) is 14.1. The number of para-hydroxylation sites is 3. The first kappa shape index (κ1) is 36.5. The van der Waals surface area contributed by atoms with Gasteiger partial charge in [-0.2, -0.15) is 0 Å². The molecular weight excluding hydrogens is 754 g/mol. The molecule has 0 unspecified atom stereocenters. The lowest BCUT2D eigenvalue weighted by Gasteiger charge is -2.48. The molecule has 4 heterocycles. The highest BCUT2D eigenvalue weighted by Gasteiger charge is 2.48. The van der Waals surface area contributed by atoms with Gasteiger partial charge < -0.3 is 14.3 Å². The Hall–Kier alpha value is -6.30. The number of anilines is 6. The fraction of sp³-hybridized carbons (Fsp3) is 0.179. The van der Waals surface area contributed by atoms with Crippen LogP contribution in [0.2, 0.25) is 13.1 Å². The van der Waals surface area contributed by atoms with Crippen LogP contribution >= 0.6 is 0 Å². The third-order valence-electron chi connectivity index (χ3n) is 14.2. The molecule has 61 heavy (non-hydrogen) atoms. The molecule has 5 heteroatoms. The minimum absolute atomic E-state index is 0.00182. The quantitative estimate of drug-likeness (QED) is 0.165. The maximum absolute atomic E-state index is 2.72. The van der Waals surface area contributed by atoms with E-state index in [0.717, 1.165) is 17.1 Å². The van der Waals surface area contributed by atoms with Gasteiger partial charge in [0.25, 0.3) is 0 Å². The minimum Gasteiger partial charge on any atom is -0.375 e. The van der Waals surface area contributed by atoms with E-state index >= 15 is 0 Å². The van der Waals surface area contributed by atoms with Gasteiger partial charge in [-0.3, -0.25) is 0 Å². The fourth-order valence-electron chi connectivity index (χ4n) is 11.1. The summed E-state index contributed by atoms with van der Waals surface area (Å²) >= 11 is 0. The smallest absolute Gasteiger partial charge is 0.333 e. The predicted molar refractivity (Wildman–Crippen MR) is 266 cm³/mol. The Labute approximate surface area is 361 Å². The average Bonchev–Trinajstić information content (AvgIpc) is 3.59. The van der Waals surface area contributed by atoms with Gasteiger partial charge in [0.2, 0.25) is 0 Å². The van der Waals surface area contributed by atoms with Crippen molar-refractivity contribution in [2.45, 2.75) is 65.5 Å². The SMILES string of the molecule is CC(C)(C)c1ccc(N(c2ccc(C(C)(C)C)cc2)c2cc3c4c(c2)N2c5ccccc5[Si](C)(C)c5cccc(c52)B4n2c4ccc5ccccc5c4c4cccc-3c42)cc1. The van der Waals surface area contributed by atoms with Crippen LogP contribution in [0.15, 0.2) is 158 Å². The molecule has 0 saturated carbocycles. The standard InChI is InChI=1S/C56H50BN3Si/c1-55(2,3)36-24-28-38(29-25-36)58(39-30-26-37(27-31-39)56(4,5)6)40-33-44-42-17-13-18-43-51-41-16-10-9-15-35(41)23-32-47(51)60(53(42)43)57-45-19-14-22-50-54(45)59(48(34-40)52(44)57)46-20-11-12-21-49(46)61(50,7)8/h9-34H,1-8H3. The molecule has 0 aliphatic carbocycles. The second-order valence-corrected chi connectivity index (χ2v) is 24.6. The summed E-state index contributed by atoms with van der Waals surface area (Å²) in [6, 6.07) is 60.8. The topological polar surface area (TPSA) is 11.4 Å². The zero-order chi connectivity index (χ0) is 41.7. The second kappa shape index (κ2) is 12.4. The first-order chi connectivity index (χ1) is 29.3. The number of rotatable bonds is 3. The molecule has 1 aromatic heterocycles. The van der Waals surface area contributed by atoms with Crippen molar-refractivity contribution in [3.63, 3.8) is 0 Å². The molecule has 0 fully saturated rings. The summed E-state index contributed by atoms with van der Waals surface area (Å²) in [5, 5.41) is 8.25. The van der Waals surface area contributed by atoms with Gasteiger partial charge in [-0.25, -0.2) is 0 Å². The summed E-state index contributed by atoms with van der Waals surface area (Å²) in [6.45, 7) is 18.9. The number of aromatic nitrogens is 1. The molecule has 0 radical (unpaired) electrons. The first-order valence-electron chi connectivity index (χ1n) is 22.0. The van der Waals surface area contributed by atoms with Crippen molar-refractivity contribution in [2.75, 3.05) is 9.80 Å². The highest BCUT2D eigenvalue weighted by atomic mass is 28.3. The van der Waals surface area contributed by atoms with E-state index in [-0.39, 0.29) is 17.7 Å². The highest BCUT2D eigenvalue weighted by molar-refractivity contribution is 7.04. The van der Waals surface area contributed by atoms with Crippen LogP contribution in [0.3, 0.4) is 0 Å². The molecule has 3 aliphatic heterocycles. The molecule has 3 nitrogen and oxygen atoms in total. The van der Waals surface area contributed by atoms with Crippen LogP contribution in [0.4, 0.5) is 34.1 Å². The molecule has 12 rings (SSSR count). The number of fused-ring (bicyclic) bond motifs is 11. The first-order valence-corrected chi connectivity index (χ1v) is 25.0. The van der Waals surface area contributed by atoms with Crippen molar-refractivity contribution in [3.8, 4) is 11.1 Å². The molecule has 0 atom stereocenters. The number of nitrogens with zero attached hydrogens (tertiary/aromatic N) is 3. The van der Waals surface area contributed by atoms with E-state index in [1.807, 2.05) is 0 Å². The third kappa shape index (κ3) is 5.04. The van der Waals surface area contributed by atoms with Crippen LogP contribution in [0.1, 0.15) is 52.7 Å². The Bertz CT molecular complexity index is 3250. The lowest BCUT2D eigenvalue weighted by atomic mass is 9.45. The maximum atomic E-state index is 2.72. The molecule has 0 spiro atoms. The monoisotopic (exact) mass is 803 g/mol. The molecule has 0 N–H and O–H groups in total. The van der Waals surface area contributed by atoms with Gasteiger partial charge in [0, 0.05) is 61.5 Å². The predicted octanol–water partition coefficient (Wildman–Crippen LogP) is 12.6. The number of hydrogen-bond acceptors (Lipinski definition) is 2. The van der Waals surface area contributed by atoms with Gasteiger partial charge in [-0.1, -0.05) is 164 Å². The van der Waals surface area contributed by atoms with Gasteiger partial charge >= 0.3 is 6.85 Å². The molecule has 0 bridgehead atoms. The summed E-state index contributed by atoms with van der Waals surface area (Å²) in [4.78, 5) is 5.16. The van der Waals surface area contributed by atoms with Crippen LogP contribution in [0, 0.1) is 0 Å². The van der Waals surface area contributed by atoms with E-state index < -0.39 is 8.07 Å². The van der Waals surface area contributed by atoms with Crippen LogP contribution in [0.5, 0.6) is 0 Å². The van der Waals surface area contributed by atoms with E-state index in [4.69, 9.17) is 0 Å². The maximum Gasteiger partial charge on any atom is 0.333 e. The summed E-state index contributed by atoms with van der Waals surface area (Å²) < 4.78 is 2.72. The summed E-state index contributed by atoms with van der Waals surface area (Å²) in [5.41, 5.74) is 18.2. The van der Waals surface area contributed by atoms with E-state index in [1.54, 1.807) is 0 Å². The van der Waals surface area contributed by atoms with Crippen molar-refractivity contribution in [1.82, 2.24) is 4.48 Å². The van der Waals surface area contributed by atoms with Crippen LogP contribution in [0.25, 0.3) is 43.7 Å². The lowest BCUT2D eigenvalue weighted by molar-refractivity contribution is 0.590. The number of hydrogen-bond donors (Lipinski definition) is 0. The summed E-state index contributed by atoms with van der Waals surface area (Å²) in [7, 11) is -2.10. The Morgan fingerprint density at radius 3 is 1.85 bits per heavy atom. The Kier molecular flexibility index (Phi) is 7.43. The van der Waals surface area contributed by atoms with Crippen LogP contribution in [-0.2, 0) is 10.8 Å². The van der Waals surface area contributed by atoms with E-state index in [1.165, 1.54) is 93.2 Å². The van der Waals surface area contributed by atoms with Crippen molar-refractivity contribution < 1.29 is 0 Å². The Morgan fingerprint density at radius 1 is 0.525 bits per heavy atom. The largest absolute Gasteiger partial charge is 0.375 e. The van der Waals surface area contributed by atoms with E-state index in [0.29, 0.717) is 0 Å². The molecule has 296 valence electrons. The summed E-state index contributed by atoms with van der Waals surface area (Å²) in [5.74, 6) is 0. The molecule has 3 aliphatic rings. The molecule has 0 saturated heterocycles. The van der Waals surface area contributed by atoms with Gasteiger partial charge in [0.05, 0.1) is 0 Å². The van der Waals surface area contributed by atoms with E-state index in [2.05, 4.69) is 227 Å². The van der Waals surface area contributed by atoms with Crippen LogP contribution < -0.4 is 31.1 Å². The van der Waals surface area contributed by atoms with E-state index in [9.17, 15) is 0 Å². The normalized spacial score (nSPS) is 14.6. The Morgan fingerprint density at radius 2 is 1.15 bits per heavy atom. The molecule has 0 amide bonds. The van der Waals surface area contributed by atoms with Crippen molar-refractivity contribution in [2.24, 2.45) is 0 Å². The van der Waals surface area contributed by atoms with Crippen molar-refractivity contribution in [1.29, 1.82) is 0 Å². The van der Waals surface area contributed by atoms with Gasteiger partial charge in [-0.05, 0) is 108 Å². The zero-order valence-electron chi connectivity index (χ0n) is 36.4. The van der Waals surface area contributed by atoms with Crippen molar-refractivity contribution in [3.05, 3.63) is 169 Å². The molecule has 8 aromatic carbocycles. The van der Waals surface area contributed by atoms with Gasteiger partial charge in [0.15, 0.2) is 0 Å². The minimum atomic E-state index is -2.10. The number of benzene rings is 8. The molecular formula is C56H50BN3Si. The second-order valence-electron chi connectivity index (χ2n) is 20.2. The Balaban J connectivity index is 1.22. The van der Waals surface area contributed by atoms with Crippen LogP contribution in [-0.4, -0.2) is 19.4 Å². The lowest BCUT2D eigenvalue weighted by Crippen LogP contribution is -2.65. The zero-order valence-corrected chi connectivity index (χ0v) is 37.4. The molecule has 9 aromatic rings. The van der Waals surface area contributed by atoms with Crippen molar-refractivity contribution >= 4 is 103 Å². The average molecular weight is 804 g/mol. The van der Waals surface area contributed by atoms with Gasteiger partial charge in [-0.15, -0.1) is 0 Å². The summed E-state index contributed by atoms with van der Waals surface area (Å²) in [6.07, 6.45) is 0. The highest BCUT2D eigenvalue weighted by Crippen LogP contribution is 2.50.